The van der Waals surface area contributed by atoms with Crippen LogP contribution in [0.2, 0.25) is 5.15 Å². The molecule has 0 saturated heterocycles. The van der Waals surface area contributed by atoms with Crippen molar-refractivity contribution in [3.05, 3.63) is 23.0 Å². The molecule has 0 aliphatic heterocycles. The lowest BCUT2D eigenvalue weighted by atomic mass is 10.2. The van der Waals surface area contributed by atoms with Crippen LogP contribution in [-0.2, 0) is 4.79 Å². The molecule has 0 radical (unpaired) electrons. The van der Waals surface area contributed by atoms with E-state index >= 15 is 0 Å². The van der Waals surface area contributed by atoms with E-state index in [1.165, 1.54) is 6.20 Å². The molecular weight excluding hydrogens is 202 g/mol. The van der Waals surface area contributed by atoms with Crippen LogP contribution in [0.4, 0.5) is 5.69 Å². The summed E-state index contributed by atoms with van der Waals surface area (Å²) < 4.78 is 0. The highest BCUT2D eigenvalue weighted by atomic mass is 35.5. The molecule has 0 saturated carbocycles. The number of nitrogens with one attached hydrogen (secondary N) is 1. The Morgan fingerprint density at radius 1 is 1.71 bits per heavy atom. The largest absolute Gasteiger partial charge is 0.323 e. The number of rotatable bonds is 2. The average Bonchev–Trinajstić information content (AvgIpc) is 2.11. The number of nitrogens with two attached hydrogens (primary N) is 1. The molecule has 5 heteroatoms. The monoisotopic (exact) mass is 213 g/mol. The van der Waals surface area contributed by atoms with E-state index in [4.69, 9.17) is 17.3 Å². The summed E-state index contributed by atoms with van der Waals surface area (Å²) in [7, 11) is 0. The van der Waals surface area contributed by atoms with Crippen molar-refractivity contribution in [2.24, 2.45) is 5.73 Å². The molecule has 0 aliphatic rings. The summed E-state index contributed by atoms with van der Waals surface area (Å²) in [6, 6.07) is 1.21. The average molecular weight is 214 g/mol. The molecule has 1 atom stereocenters. The maximum atomic E-state index is 11.2. The number of anilines is 1. The Morgan fingerprint density at radius 2 is 2.36 bits per heavy atom. The number of pyridine rings is 1. The zero-order valence-corrected chi connectivity index (χ0v) is 8.80. The van der Waals surface area contributed by atoms with Crippen LogP contribution in [-0.4, -0.2) is 16.9 Å². The van der Waals surface area contributed by atoms with Gasteiger partial charge in [-0.1, -0.05) is 11.6 Å². The highest BCUT2D eigenvalue weighted by Gasteiger charge is 2.08. The molecule has 0 aliphatic carbocycles. The molecule has 1 rings (SSSR count). The molecule has 0 unspecified atom stereocenters. The van der Waals surface area contributed by atoms with Gasteiger partial charge in [-0.2, -0.15) is 0 Å². The van der Waals surface area contributed by atoms with Crippen LogP contribution in [0.25, 0.3) is 0 Å². The third kappa shape index (κ3) is 2.68. The zero-order valence-electron chi connectivity index (χ0n) is 8.04. The Bertz CT molecular complexity index is 352. The van der Waals surface area contributed by atoms with E-state index in [0.29, 0.717) is 10.8 Å². The highest BCUT2D eigenvalue weighted by Crippen LogP contribution is 2.15. The van der Waals surface area contributed by atoms with Crippen LogP contribution in [0, 0.1) is 6.92 Å². The lowest BCUT2D eigenvalue weighted by molar-refractivity contribution is -0.117. The van der Waals surface area contributed by atoms with Gasteiger partial charge in [-0.3, -0.25) is 4.79 Å². The molecular formula is C9H12ClN3O. The van der Waals surface area contributed by atoms with Gasteiger partial charge in [0.2, 0.25) is 5.91 Å². The zero-order chi connectivity index (χ0) is 10.7. The number of hydrogen-bond acceptors (Lipinski definition) is 3. The van der Waals surface area contributed by atoms with Gasteiger partial charge in [0.1, 0.15) is 5.15 Å². The molecule has 0 bridgehead atoms. The topological polar surface area (TPSA) is 68.0 Å². The van der Waals surface area contributed by atoms with Crippen molar-refractivity contribution in [2.45, 2.75) is 19.9 Å². The van der Waals surface area contributed by atoms with Gasteiger partial charge in [0.05, 0.1) is 17.9 Å². The fourth-order valence-electron chi connectivity index (χ4n) is 0.883. The summed E-state index contributed by atoms with van der Waals surface area (Å²) >= 11 is 5.73. The summed E-state index contributed by atoms with van der Waals surface area (Å²) in [6.45, 7) is 3.43. The van der Waals surface area contributed by atoms with E-state index in [0.717, 1.165) is 5.56 Å². The number of halogens is 1. The Balaban J connectivity index is 2.78. The maximum absolute atomic E-state index is 11.2. The first kappa shape index (κ1) is 10.9. The second kappa shape index (κ2) is 4.39. The summed E-state index contributed by atoms with van der Waals surface area (Å²) in [6.07, 6.45) is 1.50. The van der Waals surface area contributed by atoms with Crippen molar-refractivity contribution in [1.82, 2.24) is 4.98 Å². The predicted molar refractivity (Wildman–Crippen MR) is 56.3 cm³/mol. The molecule has 1 aromatic rings. The van der Waals surface area contributed by atoms with E-state index in [1.807, 2.05) is 6.92 Å². The van der Waals surface area contributed by atoms with Crippen LogP contribution < -0.4 is 11.1 Å². The van der Waals surface area contributed by atoms with Crippen molar-refractivity contribution in [3.8, 4) is 0 Å². The van der Waals surface area contributed by atoms with Crippen LogP contribution in [0.5, 0.6) is 0 Å². The Kier molecular flexibility index (Phi) is 3.43. The second-order valence-corrected chi connectivity index (χ2v) is 3.47. The molecule has 76 valence electrons. The molecule has 1 amide bonds. The molecule has 1 heterocycles. The molecule has 3 N–H and O–H groups in total. The summed E-state index contributed by atoms with van der Waals surface area (Å²) in [5, 5.41) is 3.06. The molecule has 4 nitrogen and oxygen atoms in total. The molecule has 1 aromatic heterocycles. The fourth-order valence-corrected chi connectivity index (χ4v) is 0.986. The Morgan fingerprint density at radius 3 is 2.86 bits per heavy atom. The van der Waals surface area contributed by atoms with Crippen molar-refractivity contribution in [1.29, 1.82) is 0 Å². The minimum absolute atomic E-state index is 0.242. The van der Waals surface area contributed by atoms with Gasteiger partial charge in [0, 0.05) is 0 Å². The Labute approximate surface area is 87.5 Å². The number of amides is 1. The van der Waals surface area contributed by atoms with Gasteiger partial charge in [-0.05, 0) is 25.5 Å². The predicted octanol–water partition coefficient (Wildman–Crippen LogP) is 1.33. The summed E-state index contributed by atoms with van der Waals surface area (Å²) in [4.78, 5) is 15.1. The summed E-state index contributed by atoms with van der Waals surface area (Å²) in [5.41, 5.74) is 6.81. The number of aromatic nitrogens is 1. The fraction of sp³-hybridized carbons (Fsp3) is 0.333. The first-order valence-electron chi connectivity index (χ1n) is 4.19. The minimum atomic E-state index is -0.536. The third-order valence-electron chi connectivity index (χ3n) is 1.70. The highest BCUT2D eigenvalue weighted by molar-refractivity contribution is 6.30. The van der Waals surface area contributed by atoms with Crippen LogP contribution >= 0.6 is 11.6 Å². The molecule has 0 fully saturated rings. The first-order chi connectivity index (χ1) is 6.50. The lowest BCUT2D eigenvalue weighted by Crippen LogP contribution is -2.32. The number of aryl methyl sites for hydroxylation is 1. The minimum Gasteiger partial charge on any atom is -0.323 e. The second-order valence-electron chi connectivity index (χ2n) is 3.11. The molecule has 0 spiro atoms. The third-order valence-corrected chi connectivity index (χ3v) is 2.09. The van der Waals surface area contributed by atoms with Crippen molar-refractivity contribution in [2.75, 3.05) is 5.32 Å². The van der Waals surface area contributed by atoms with Gasteiger partial charge >= 0.3 is 0 Å². The van der Waals surface area contributed by atoms with Crippen molar-refractivity contribution >= 4 is 23.2 Å². The van der Waals surface area contributed by atoms with E-state index in [1.54, 1.807) is 13.0 Å². The number of nitrogens with zero attached hydrogens (tertiary/aromatic N) is 1. The first-order valence-corrected chi connectivity index (χ1v) is 4.57. The van der Waals surface area contributed by atoms with Crippen molar-refractivity contribution < 1.29 is 4.79 Å². The van der Waals surface area contributed by atoms with E-state index < -0.39 is 6.04 Å². The Hall–Kier alpha value is -1.13. The molecule has 14 heavy (non-hydrogen) atoms. The normalized spacial score (nSPS) is 12.3. The number of carbonyl (C=O) groups excluding carboxylic acids is 1. The van der Waals surface area contributed by atoms with Gasteiger partial charge in [0.15, 0.2) is 0 Å². The van der Waals surface area contributed by atoms with Gasteiger partial charge in [-0.15, -0.1) is 0 Å². The summed E-state index contributed by atoms with van der Waals surface area (Å²) in [5.74, 6) is -0.242. The van der Waals surface area contributed by atoms with Gasteiger partial charge < -0.3 is 11.1 Å². The van der Waals surface area contributed by atoms with E-state index in [9.17, 15) is 4.79 Å². The smallest absolute Gasteiger partial charge is 0.241 e. The number of hydrogen-bond donors (Lipinski definition) is 2. The lowest BCUT2D eigenvalue weighted by Gasteiger charge is -2.08. The van der Waals surface area contributed by atoms with Crippen LogP contribution in [0.15, 0.2) is 12.3 Å². The number of carbonyl (C=O) groups is 1. The SMILES string of the molecule is Cc1cc(NC(=O)[C@@H](C)N)cnc1Cl. The van der Waals surface area contributed by atoms with Crippen molar-refractivity contribution in [3.63, 3.8) is 0 Å². The van der Waals surface area contributed by atoms with Gasteiger partial charge in [-0.25, -0.2) is 4.98 Å². The van der Waals surface area contributed by atoms with Crippen LogP contribution in [0.1, 0.15) is 12.5 Å². The van der Waals surface area contributed by atoms with Crippen LogP contribution in [0.3, 0.4) is 0 Å². The quantitative estimate of drug-likeness (QED) is 0.729. The molecule has 0 aromatic carbocycles. The standard InChI is InChI=1S/C9H12ClN3O/c1-5-3-7(4-12-8(5)10)13-9(14)6(2)11/h3-4,6H,11H2,1-2H3,(H,13,14)/t6-/m1/s1. The van der Waals surface area contributed by atoms with Gasteiger partial charge in [0.25, 0.3) is 0 Å². The maximum Gasteiger partial charge on any atom is 0.241 e. The van der Waals surface area contributed by atoms with E-state index in [2.05, 4.69) is 10.3 Å². The van der Waals surface area contributed by atoms with E-state index in [-0.39, 0.29) is 5.91 Å².